The minimum absolute atomic E-state index is 0.129. The number of rotatable bonds is 7. The summed E-state index contributed by atoms with van der Waals surface area (Å²) in [5.41, 5.74) is 0.779. The van der Waals surface area contributed by atoms with E-state index in [9.17, 15) is 9.59 Å². The molecular weight excluding hydrogens is 362 g/mol. The Hall–Kier alpha value is -2.06. The van der Waals surface area contributed by atoms with Crippen LogP contribution in [0.25, 0.3) is 6.08 Å². The van der Waals surface area contributed by atoms with Crippen molar-refractivity contribution in [2.45, 2.75) is 13.8 Å². The van der Waals surface area contributed by atoms with Gasteiger partial charge < -0.3 is 14.2 Å². The molecule has 2 rings (SSSR count). The Morgan fingerprint density at radius 1 is 1.24 bits per heavy atom. The number of hydrogen-bond acceptors (Lipinski definition) is 7. The molecule has 1 aromatic rings. The van der Waals surface area contributed by atoms with Crippen LogP contribution in [0, 0.1) is 0 Å². The first-order chi connectivity index (χ1) is 12.0. The lowest BCUT2D eigenvalue weighted by molar-refractivity contribution is -0.145. The number of carbonyl (C=O) groups excluding carboxylic acids is 2. The van der Waals surface area contributed by atoms with Gasteiger partial charge in [0.15, 0.2) is 18.1 Å². The first kappa shape index (κ1) is 19.3. The van der Waals surface area contributed by atoms with Crippen LogP contribution in [-0.4, -0.2) is 48.0 Å². The molecule has 1 aliphatic rings. The van der Waals surface area contributed by atoms with Gasteiger partial charge in [0.25, 0.3) is 5.91 Å². The van der Waals surface area contributed by atoms with Crippen LogP contribution < -0.4 is 9.47 Å². The summed E-state index contributed by atoms with van der Waals surface area (Å²) in [6, 6.07) is 5.24. The zero-order valence-electron chi connectivity index (χ0n) is 14.2. The Bertz CT molecular complexity index is 717. The molecule has 0 aliphatic carbocycles. The molecule has 1 heterocycles. The van der Waals surface area contributed by atoms with E-state index < -0.39 is 5.97 Å². The van der Waals surface area contributed by atoms with Crippen molar-refractivity contribution in [3.8, 4) is 11.5 Å². The van der Waals surface area contributed by atoms with Crippen molar-refractivity contribution in [2.75, 3.05) is 26.9 Å². The van der Waals surface area contributed by atoms with E-state index in [-0.39, 0.29) is 12.5 Å². The van der Waals surface area contributed by atoms with E-state index in [4.69, 9.17) is 26.4 Å². The molecule has 8 heteroatoms. The lowest BCUT2D eigenvalue weighted by atomic mass is 10.2. The number of ether oxygens (including phenoxy) is 3. The average molecular weight is 381 g/mol. The molecular formula is C17H19NO5S2. The van der Waals surface area contributed by atoms with Crippen LogP contribution in [0.2, 0.25) is 0 Å². The molecule has 1 fully saturated rings. The number of carbonyl (C=O) groups is 2. The van der Waals surface area contributed by atoms with Gasteiger partial charge >= 0.3 is 5.97 Å². The van der Waals surface area contributed by atoms with Crippen molar-refractivity contribution < 1.29 is 23.8 Å². The Morgan fingerprint density at radius 2 is 2.00 bits per heavy atom. The first-order valence-electron chi connectivity index (χ1n) is 7.73. The summed E-state index contributed by atoms with van der Waals surface area (Å²) in [6.45, 7) is 4.13. The second kappa shape index (κ2) is 8.87. The van der Waals surface area contributed by atoms with Gasteiger partial charge in [-0.15, -0.1) is 0 Å². The molecule has 1 saturated heterocycles. The number of benzene rings is 1. The van der Waals surface area contributed by atoms with Crippen molar-refractivity contribution in [1.29, 1.82) is 0 Å². The SMILES string of the molecule is CCOC(=O)COc1ccc(C=C2SC(=S)N(C)C2=O)cc1OCC. The third-order valence-electron chi connectivity index (χ3n) is 3.20. The Labute approximate surface area is 156 Å². The molecule has 0 unspecified atom stereocenters. The largest absolute Gasteiger partial charge is 0.490 e. The lowest BCUT2D eigenvalue weighted by Crippen LogP contribution is -2.22. The van der Waals surface area contributed by atoms with E-state index >= 15 is 0 Å². The van der Waals surface area contributed by atoms with Crippen LogP contribution in [0.1, 0.15) is 19.4 Å². The fraction of sp³-hybridized carbons (Fsp3) is 0.353. The van der Waals surface area contributed by atoms with Crippen molar-refractivity contribution in [3.05, 3.63) is 28.7 Å². The highest BCUT2D eigenvalue weighted by atomic mass is 32.2. The summed E-state index contributed by atoms with van der Waals surface area (Å²) in [5, 5.41) is 0. The number of likely N-dealkylation sites (N-methyl/N-ethyl adjacent to an activating group) is 1. The van der Waals surface area contributed by atoms with Crippen LogP contribution in [-0.2, 0) is 14.3 Å². The predicted octanol–water partition coefficient (Wildman–Crippen LogP) is 2.86. The van der Waals surface area contributed by atoms with Gasteiger partial charge in [0.2, 0.25) is 0 Å². The molecule has 0 N–H and O–H groups in total. The summed E-state index contributed by atoms with van der Waals surface area (Å²) in [6.07, 6.45) is 1.75. The standard InChI is InChI=1S/C17H19NO5S2/c1-4-21-13-8-11(9-14-16(20)18(3)17(24)25-14)6-7-12(13)23-10-15(19)22-5-2/h6-9H,4-5,10H2,1-3H3. The second-order valence-electron chi connectivity index (χ2n) is 4.97. The van der Waals surface area contributed by atoms with Gasteiger partial charge in [-0.1, -0.05) is 30.0 Å². The van der Waals surface area contributed by atoms with E-state index in [1.165, 1.54) is 16.7 Å². The maximum Gasteiger partial charge on any atom is 0.344 e. The minimum atomic E-state index is -0.444. The number of thiocarbonyl (C=S) groups is 1. The second-order valence-corrected chi connectivity index (χ2v) is 6.65. The topological polar surface area (TPSA) is 65.1 Å². The molecule has 0 atom stereocenters. The average Bonchev–Trinajstić information content (AvgIpc) is 2.82. The van der Waals surface area contributed by atoms with Gasteiger partial charge in [0.05, 0.1) is 18.1 Å². The normalized spacial score (nSPS) is 15.6. The smallest absolute Gasteiger partial charge is 0.344 e. The molecule has 1 aliphatic heterocycles. The van der Waals surface area contributed by atoms with Crippen LogP contribution in [0.15, 0.2) is 23.1 Å². The Kier molecular flexibility index (Phi) is 6.83. The van der Waals surface area contributed by atoms with E-state index in [2.05, 4.69) is 0 Å². The molecule has 0 saturated carbocycles. The van der Waals surface area contributed by atoms with E-state index in [0.717, 1.165) is 5.56 Å². The molecule has 6 nitrogen and oxygen atoms in total. The number of esters is 1. The fourth-order valence-electron chi connectivity index (χ4n) is 2.04. The van der Waals surface area contributed by atoms with Crippen LogP contribution in [0.3, 0.4) is 0 Å². The van der Waals surface area contributed by atoms with Gasteiger partial charge in [0, 0.05) is 7.05 Å². The van der Waals surface area contributed by atoms with Crippen LogP contribution in [0.4, 0.5) is 0 Å². The van der Waals surface area contributed by atoms with Crippen molar-refractivity contribution in [2.24, 2.45) is 0 Å². The molecule has 1 aromatic carbocycles. The quantitative estimate of drug-likeness (QED) is 0.409. The molecule has 134 valence electrons. The van der Waals surface area contributed by atoms with E-state index in [0.29, 0.717) is 33.9 Å². The Morgan fingerprint density at radius 3 is 2.60 bits per heavy atom. The van der Waals surface area contributed by atoms with E-state index in [1.807, 2.05) is 6.92 Å². The maximum absolute atomic E-state index is 12.1. The monoisotopic (exact) mass is 381 g/mol. The number of thioether (sulfide) groups is 1. The zero-order valence-corrected chi connectivity index (χ0v) is 15.9. The molecule has 0 aromatic heterocycles. The summed E-state index contributed by atoms with van der Waals surface area (Å²) in [7, 11) is 1.65. The Balaban J connectivity index is 2.19. The van der Waals surface area contributed by atoms with Gasteiger partial charge in [-0.2, -0.15) is 0 Å². The minimum Gasteiger partial charge on any atom is -0.490 e. The van der Waals surface area contributed by atoms with E-state index in [1.54, 1.807) is 38.2 Å². The fourth-order valence-corrected chi connectivity index (χ4v) is 3.22. The van der Waals surface area contributed by atoms with Gasteiger partial charge in [0.1, 0.15) is 4.32 Å². The van der Waals surface area contributed by atoms with Gasteiger partial charge in [-0.05, 0) is 37.6 Å². The van der Waals surface area contributed by atoms with Gasteiger partial charge in [-0.25, -0.2) is 4.79 Å². The van der Waals surface area contributed by atoms with Crippen LogP contribution in [0.5, 0.6) is 11.5 Å². The number of hydrogen-bond donors (Lipinski definition) is 0. The highest BCUT2D eigenvalue weighted by molar-refractivity contribution is 8.26. The van der Waals surface area contributed by atoms with Crippen LogP contribution >= 0.6 is 24.0 Å². The lowest BCUT2D eigenvalue weighted by Gasteiger charge is -2.12. The van der Waals surface area contributed by atoms with Crippen molar-refractivity contribution >= 4 is 46.3 Å². The molecule has 0 bridgehead atoms. The summed E-state index contributed by atoms with van der Waals surface area (Å²) in [5.74, 6) is 0.360. The third-order valence-corrected chi connectivity index (χ3v) is 4.69. The summed E-state index contributed by atoms with van der Waals surface area (Å²) >= 11 is 6.37. The highest BCUT2D eigenvalue weighted by Gasteiger charge is 2.28. The number of nitrogens with zero attached hydrogens (tertiary/aromatic N) is 1. The molecule has 0 spiro atoms. The molecule has 0 radical (unpaired) electrons. The number of amides is 1. The third kappa shape index (κ3) is 4.96. The zero-order chi connectivity index (χ0) is 18.4. The molecule has 25 heavy (non-hydrogen) atoms. The van der Waals surface area contributed by atoms with Crippen molar-refractivity contribution in [1.82, 2.24) is 4.90 Å². The molecule has 1 amide bonds. The maximum atomic E-state index is 12.1. The van der Waals surface area contributed by atoms with Gasteiger partial charge in [-0.3, -0.25) is 9.69 Å². The van der Waals surface area contributed by atoms with Crippen molar-refractivity contribution in [3.63, 3.8) is 0 Å². The summed E-state index contributed by atoms with van der Waals surface area (Å²) in [4.78, 5) is 25.5. The first-order valence-corrected chi connectivity index (χ1v) is 8.95. The highest BCUT2D eigenvalue weighted by Crippen LogP contribution is 2.34. The summed E-state index contributed by atoms with van der Waals surface area (Å²) < 4.78 is 16.4. The predicted molar refractivity (Wildman–Crippen MR) is 101 cm³/mol.